The highest BCUT2D eigenvalue weighted by molar-refractivity contribution is 6.09. The van der Waals surface area contributed by atoms with E-state index in [1.54, 1.807) is 12.0 Å². The fourth-order valence-electron chi connectivity index (χ4n) is 5.56. The normalized spacial score (nSPS) is 22.7. The van der Waals surface area contributed by atoms with E-state index in [9.17, 15) is 14.4 Å². The summed E-state index contributed by atoms with van der Waals surface area (Å²) >= 11 is 0. The summed E-state index contributed by atoms with van der Waals surface area (Å²) in [6.45, 7) is 3.42. The molecule has 2 saturated heterocycles. The first-order valence-corrected chi connectivity index (χ1v) is 12.4. The number of hydrogen-bond acceptors (Lipinski definition) is 5. The van der Waals surface area contributed by atoms with Crippen LogP contribution in [0.5, 0.6) is 5.75 Å². The van der Waals surface area contributed by atoms with Crippen LogP contribution >= 0.6 is 0 Å². The van der Waals surface area contributed by atoms with Crippen LogP contribution in [0.3, 0.4) is 0 Å². The van der Waals surface area contributed by atoms with Crippen molar-refractivity contribution in [1.82, 2.24) is 20.0 Å². The SMILES string of the molecule is COc1ccc(CN2CCCN(C(=O)CN3C(=O)NC4(CCCc5ccccc54)C3=O)CC2)cc1. The van der Waals surface area contributed by atoms with Crippen LogP contribution in [0.15, 0.2) is 48.5 Å². The van der Waals surface area contributed by atoms with Gasteiger partial charge in [0.25, 0.3) is 5.91 Å². The van der Waals surface area contributed by atoms with E-state index in [4.69, 9.17) is 4.74 Å². The summed E-state index contributed by atoms with van der Waals surface area (Å²) in [4.78, 5) is 44.8. The van der Waals surface area contributed by atoms with Crippen molar-refractivity contribution >= 4 is 17.8 Å². The van der Waals surface area contributed by atoms with Crippen LogP contribution in [-0.2, 0) is 28.1 Å². The molecular formula is C27H32N4O4. The molecule has 184 valence electrons. The van der Waals surface area contributed by atoms with E-state index in [2.05, 4.69) is 22.3 Å². The molecule has 1 aliphatic carbocycles. The molecule has 8 heteroatoms. The number of aryl methyl sites for hydroxylation is 1. The zero-order valence-electron chi connectivity index (χ0n) is 20.2. The Morgan fingerprint density at radius 2 is 1.80 bits per heavy atom. The van der Waals surface area contributed by atoms with Crippen LogP contribution in [0.1, 0.15) is 36.0 Å². The molecule has 4 amide bonds. The number of benzene rings is 2. The van der Waals surface area contributed by atoms with Gasteiger partial charge in [-0.25, -0.2) is 4.79 Å². The molecule has 0 bridgehead atoms. The van der Waals surface area contributed by atoms with Crippen LogP contribution in [0.25, 0.3) is 0 Å². The number of methoxy groups -OCH3 is 1. The predicted octanol–water partition coefficient (Wildman–Crippen LogP) is 2.51. The number of ether oxygens (including phenoxy) is 1. The van der Waals surface area contributed by atoms with Crippen LogP contribution in [-0.4, -0.2) is 72.4 Å². The molecule has 0 saturated carbocycles. The van der Waals surface area contributed by atoms with Crippen molar-refractivity contribution in [2.45, 2.75) is 37.8 Å². The summed E-state index contributed by atoms with van der Waals surface area (Å²) in [6, 6.07) is 15.3. The summed E-state index contributed by atoms with van der Waals surface area (Å²) in [5.41, 5.74) is 2.11. The molecule has 2 aromatic carbocycles. The lowest BCUT2D eigenvalue weighted by molar-refractivity contribution is -0.139. The van der Waals surface area contributed by atoms with Crippen molar-refractivity contribution < 1.29 is 19.1 Å². The summed E-state index contributed by atoms with van der Waals surface area (Å²) in [5, 5.41) is 2.94. The van der Waals surface area contributed by atoms with Gasteiger partial charge in [-0.3, -0.25) is 19.4 Å². The van der Waals surface area contributed by atoms with Gasteiger partial charge in [0.05, 0.1) is 7.11 Å². The van der Waals surface area contributed by atoms with Crippen molar-refractivity contribution in [2.24, 2.45) is 0 Å². The van der Waals surface area contributed by atoms with Crippen molar-refractivity contribution in [1.29, 1.82) is 0 Å². The zero-order chi connectivity index (χ0) is 24.4. The van der Waals surface area contributed by atoms with Gasteiger partial charge < -0.3 is 15.0 Å². The molecule has 35 heavy (non-hydrogen) atoms. The Labute approximate surface area is 205 Å². The summed E-state index contributed by atoms with van der Waals surface area (Å²) in [7, 11) is 1.66. The highest BCUT2D eigenvalue weighted by atomic mass is 16.5. The first-order chi connectivity index (χ1) is 17.0. The van der Waals surface area contributed by atoms with Crippen LogP contribution in [0.2, 0.25) is 0 Å². The highest BCUT2D eigenvalue weighted by Gasteiger charge is 2.54. The molecule has 3 aliphatic rings. The Morgan fingerprint density at radius 3 is 2.60 bits per heavy atom. The monoisotopic (exact) mass is 476 g/mol. The number of rotatable bonds is 5. The smallest absolute Gasteiger partial charge is 0.325 e. The van der Waals surface area contributed by atoms with Gasteiger partial charge in [-0.1, -0.05) is 36.4 Å². The molecule has 2 fully saturated rings. The maximum Gasteiger partial charge on any atom is 0.325 e. The Bertz CT molecular complexity index is 1120. The Kier molecular flexibility index (Phi) is 6.47. The number of amides is 4. The summed E-state index contributed by atoms with van der Waals surface area (Å²) < 4.78 is 5.23. The molecule has 1 spiro atoms. The third-order valence-corrected chi connectivity index (χ3v) is 7.45. The number of nitrogens with zero attached hydrogens (tertiary/aromatic N) is 3. The first kappa shape index (κ1) is 23.4. The molecule has 5 rings (SSSR count). The van der Waals surface area contributed by atoms with Gasteiger partial charge in [-0.2, -0.15) is 0 Å². The van der Waals surface area contributed by atoms with E-state index >= 15 is 0 Å². The number of nitrogens with one attached hydrogen (secondary N) is 1. The first-order valence-electron chi connectivity index (χ1n) is 12.4. The largest absolute Gasteiger partial charge is 0.497 e. The highest BCUT2D eigenvalue weighted by Crippen LogP contribution is 2.39. The van der Waals surface area contributed by atoms with Gasteiger partial charge in [0.1, 0.15) is 17.8 Å². The Morgan fingerprint density at radius 1 is 1.00 bits per heavy atom. The molecule has 2 aliphatic heterocycles. The summed E-state index contributed by atoms with van der Waals surface area (Å²) in [6.07, 6.45) is 3.12. The van der Waals surface area contributed by atoms with E-state index in [-0.39, 0.29) is 18.4 Å². The molecule has 1 unspecified atom stereocenters. The van der Waals surface area contributed by atoms with Crippen molar-refractivity contribution in [2.75, 3.05) is 39.8 Å². The fraction of sp³-hybridized carbons (Fsp3) is 0.444. The third kappa shape index (κ3) is 4.50. The topological polar surface area (TPSA) is 82.2 Å². The van der Waals surface area contributed by atoms with Crippen LogP contribution < -0.4 is 10.1 Å². The molecule has 2 heterocycles. The van der Waals surface area contributed by atoms with Gasteiger partial charge in [-0.15, -0.1) is 0 Å². The van der Waals surface area contributed by atoms with Gasteiger partial charge in [-0.05, 0) is 54.5 Å². The van der Waals surface area contributed by atoms with Crippen molar-refractivity contribution in [3.05, 3.63) is 65.2 Å². The molecule has 2 aromatic rings. The minimum atomic E-state index is -1.04. The average molecular weight is 477 g/mol. The van der Waals surface area contributed by atoms with Crippen LogP contribution in [0.4, 0.5) is 4.79 Å². The maximum absolute atomic E-state index is 13.5. The molecule has 0 aromatic heterocycles. The number of imide groups is 1. The quantitative estimate of drug-likeness (QED) is 0.671. The minimum absolute atomic E-state index is 0.180. The van der Waals surface area contributed by atoms with E-state index < -0.39 is 11.6 Å². The lowest BCUT2D eigenvalue weighted by atomic mass is 9.76. The second kappa shape index (κ2) is 9.70. The Hall–Kier alpha value is -3.39. The molecule has 0 radical (unpaired) electrons. The lowest BCUT2D eigenvalue weighted by Gasteiger charge is -2.33. The third-order valence-electron chi connectivity index (χ3n) is 7.45. The van der Waals surface area contributed by atoms with Crippen molar-refractivity contribution in [3.63, 3.8) is 0 Å². The molecule has 8 nitrogen and oxygen atoms in total. The number of hydrogen-bond donors (Lipinski definition) is 1. The molecule has 1 atom stereocenters. The van der Waals surface area contributed by atoms with E-state index in [1.165, 1.54) is 5.56 Å². The van der Waals surface area contributed by atoms with Gasteiger partial charge >= 0.3 is 6.03 Å². The summed E-state index contributed by atoms with van der Waals surface area (Å²) in [5.74, 6) is 0.347. The second-order valence-corrected chi connectivity index (χ2v) is 9.60. The molecular weight excluding hydrogens is 444 g/mol. The standard InChI is InChI=1S/C27H32N4O4/c1-35-22-11-9-20(10-12-22)18-29-14-5-15-30(17-16-29)24(32)19-31-25(33)27(28-26(31)34)13-4-7-21-6-2-3-8-23(21)27/h2-3,6,8-12H,4-5,7,13-19H2,1H3,(H,28,34). The Balaban J connectivity index is 1.21. The van der Waals surface area contributed by atoms with Crippen molar-refractivity contribution in [3.8, 4) is 5.75 Å². The van der Waals surface area contributed by atoms with Gasteiger partial charge in [0.2, 0.25) is 5.91 Å². The molecule has 1 N–H and O–H groups in total. The predicted molar refractivity (Wildman–Crippen MR) is 131 cm³/mol. The average Bonchev–Trinajstić information content (AvgIpc) is 3.02. The zero-order valence-corrected chi connectivity index (χ0v) is 20.2. The lowest BCUT2D eigenvalue weighted by Crippen LogP contribution is -2.47. The number of carbonyl (C=O) groups is 3. The number of urea groups is 1. The van der Waals surface area contributed by atoms with Gasteiger partial charge in [0.15, 0.2) is 0 Å². The van der Waals surface area contributed by atoms with Gasteiger partial charge in [0, 0.05) is 32.7 Å². The van der Waals surface area contributed by atoms with E-state index in [0.29, 0.717) is 19.5 Å². The second-order valence-electron chi connectivity index (χ2n) is 9.60. The maximum atomic E-state index is 13.5. The van der Waals surface area contributed by atoms with Crippen LogP contribution in [0, 0.1) is 0 Å². The fourth-order valence-corrected chi connectivity index (χ4v) is 5.56. The number of fused-ring (bicyclic) bond motifs is 2. The van der Waals surface area contributed by atoms with E-state index in [1.807, 2.05) is 36.4 Å². The number of carbonyl (C=O) groups excluding carboxylic acids is 3. The van der Waals surface area contributed by atoms with E-state index in [0.717, 1.165) is 60.7 Å². The minimum Gasteiger partial charge on any atom is -0.497 e.